The molecule has 10 atom stereocenters. The smallest absolute Gasteiger partial charge is 0.331 e. The highest BCUT2D eigenvalue weighted by molar-refractivity contribution is 5.87. The maximum Gasteiger partial charge on any atom is 0.331 e. The molecule has 40 heavy (non-hydrogen) atoms. The summed E-state index contributed by atoms with van der Waals surface area (Å²) < 4.78 is 28.4. The van der Waals surface area contributed by atoms with Gasteiger partial charge in [0.2, 0.25) is 0 Å². The fourth-order valence-corrected chi connectivity index (χ4v) is 4.43. The number of carbonyl (C=O) groups excluding carboxylic acids is 1. The SMILES string of the molecule is C[C@@H]1O[C@@H](O[C@@H]2[C@@H](O)[C@H](OCc3ccccc3)O[C@H](CO)[C@H]2OC(=O)/C=C/c2ccc(O)cc2)[C@H](O)[C@H](O)[C@H]1O. The van der Waals surface area contributed by atoms with Crippen LogP contribution >= 0.6 is 0 Å². The van der Waals surface area contributed by atoms with Crippen LogP contribution in [0.25, 0.3) is 6.08 Å². The van der Waals surface area contributed by atoms with Crippen molar-refractivity contribution in [3.8, 4) is 5.75 Å². The summed E-state index contributed by atoms with van der Waals surface area (Å²) in [6.45, 7) is 0.853. The Balaban J connectivity index is 1.54. The number of ether oxygens (including phenoxy) is 5. The van der Waals surface area contributed by atoms with E-state index in [1.807, 2.05) is 18.2 Å². The summed E-state index contributed by atoms with van der Waals surface area (Å²) in [6, 6.07) is 15.1. The van der Waals surface area contributed by atoms with Crippen molar-refractivity contribution in [3.05, 3.63) is 71.8 Å². The molecule has 0 unspecified atom stereocenters. The van der Waals surface area contributed by atoms with E-state index in [4.69, 9.17) is 23.7 Å². The molecular weight excluding hydrogens is 528 g/mol. The normalized spacial score (nSPS) is 34.5. The van der Waals surface area contributed by atoms with Gasteiger partial charge < -0.3 is 54.3 Å². The van der Waals surface area contributed by atoms with Gasteiger partial charge in [-0.2, -0.15) is 0 Å². The Hall–Kier alpha value is -2.91. The molecule has 2 aromatic carbocycles. The van der Waals surface area contributed by atoms with E-state index in [1.165, 1.54) is 25.1 Å². The number of aromatic hydroxyl groups is 1. The number of hydrogen-bond acceptors (Lipinski definition) is 12. The zero-order valence-electron chi connectivity index (χ0n) is 21.7. The van der Waals surface area contributed by atoms with Crippen molar-refractivity contribution in [2.24, 2.45) is 0 Å². The first-order valence-corrected chi connectivity index (χ1v) is 12.8. The predicted octanol–water partition coefficient (Wildman–Crippen LogP) is -0.175. The van der Waals surface area contributed by atoms with Crippen LogP contribution in [0.3, 0.4) is 0 Å². The molecule has 0 bridgehead atoms. The monoisotopic (exact) mass is 562 g/mol. The standard InChI is InChI=1S/C28H34O12/c1-15-21(32)22(33)23(34)28(37-15)40-26-24(35)27(36-14-17-5-3-2-4-6-17)38-19(13-29)25(26)39-20(31)12-9-16-7-10-18(30)11-8-16/h2-12,15,19,21-30,32-35H,13-14H2,1H3/b12-9+/t15-,19+,21-,22+,23+,24+,25+,26+,27+,28-/m0/s1. The number of carbonyl (C=O) groups is 1. The summed E-state index contributed by atoms with van der Waals surface area (Å²) >= 11 is 0. The third kappa shape index (κ3) is 7.23. The second kappa shape index (κ2) is 13.6. The third-order valence-corrected chi connectivity index (χ3v) is 6.71. The predicted molar refractivity (Wildman–Crippen MR) is 137 cm³/mol. The van der Waals surface area contributed by atoms with Crippen molar-refractivity contribution >= 4 is 12.0 Å². The topological polar surface area (TPSA) is 185 Å². The van der Waals surface area contributed by atoms with Gasteiger partial charge >= 0.3 is 5.97 Å². The Labute approximate surface area is 230 Å². The second-order valence-electron chi connectivity index (χ2n) is 9.62. The van der Waals surface area contributed by atoms with Crippen LogP contribution in [-0.2, 0) is 35.1 Å². The van der Waals surface area contributed by atoms with E-state index in [2.05, 4.69) is 0 Å². The Morgan fingerprint density at radius 2 is 1.57 bits per heavy atom. The Morgan fingerprint density at radius 3 is 2.25 bits per heavy atom. The molecule has 2 aliphatic rings. The molecule has 2 aromatic rings. The highest BCUT2D eigenvalue weighted by Gasteiger charge is 2.52. The largest absolute Gasteiger partial charge is 0.508 e. The highest BCUT2D eigenvalue weighted by Crippen LogP contribution is 2.31. The minimum atomic E-state index is -1.71. The summed E-state index contributed by atoms with van der Waals surface area (Å²) in [6.07, 6.45) is -11.6. The van der Waals surface area contributed by atoms with Crippen LogP contribution in [0.4, 0.5) is 0 Å². The lowest BCUT2D eigenvalue weighted by Gasteiger charge is -2.46. The van der Waals surface area contributed by atoms with Gasteiger partial charge in [-0.25, -0.2) is 4.79 Å². The number of hydrogen-bond donors (Lipinski definition) is 6. The van der Waals surface area contributed by atoms with Gasteiger partial charge in [0.05, 0.1) is 19.3 Å². The minimum Gasteiger partial charge on any atom is -0.508 e. The molecule has 0 spiro atoms. The maximum atomic E-state index is 12.7. The van der Waals surface area contributed by atoms with Crippen molar-refractivity contribution in [2.45, 2.75) is 74.9 Å². The van der Waals surface area contributed by atoms with E-state index >= 15 is 0 Å². The zero-order valence-corrected chi connectivity index (χ0v) is 21.7. The summed E-state index contributed by atoms with van der Waals surface area (Å²) in [5.41, 5.74) is 1.37. The van der Waals surface area contributed by atoms with E-state index in [-0.39, 0.29) is 12.4 Å². The van der Waals surface area contributed by atoms with Crippen LogP contribution in [0.1, 0.15) is 18.1 Å². The molecule has 2 fully saturated rings. The van der Waals surface area contributed by atoms with Gasteiger partial charge in [0.1, 0.15) is 42.4 Å². The van der Waals surface area contributed by atoms with Crippen LogP contribution in [0.15, 0.2) is 60.7 Å². The van der Waals surface area contributed by atoms with Gasteiger partial charge in [-0.15, -0.1) is 0 Å². The number of rotatable bonds is 9. The molecule has 0 aromatic heterocycles. The van der Waals surface area contributed by atoms with Crippen LogP contribution < -0.4 is 0 Å². The van der Waals surface area contributed by atoms with Gasteiger partial charge in [-0.3, -0.25) is 0 Å². The summed E-state index contributed by atoms with van der Waals surface area (Å²) in [7, 11) is 0. The van der Waals surface area contributed by atoms with Gasteiger partial charge in [0.25, 0.3) is 0 Å². The molecule has 2 heterocycles. The molecule has 6 N–H and O–H groups in total. The van der Waals surface area contributed by atoms with Crippen molar-refractivity contribution in [2.75, 3.05) is 6.61 Å². The Bertz CT molecular complexity index is 1110. The van der Waals surface area contributed by atoms with Crippen molar-refractivity contribution in [1.29, 1.82) is 0 Å². The second-order valence-corrected chi connectivity index (χ2v) is 9.62. The van der Waals surface area contributed by atoms with E-state index in [0.717, 1.165) is 11.6 Å². The first kappa shape index (κ1) is 30.1. The van der Waals surface area contributed by atoms with Crippen LogP contribution in [0.2, 0.25) is 0 Å². The number of phenolic OH excluding ortho intramolecular Hbond substituents is 1. The van der Waals surface area contributed by atoms with Crippen LogP contribution in [-0.4, -0.2) is 105 Å². The summed E-state index contributed by atoms with van der Waals surface area (Å²) in [5, 5.41) is 61.5. The van der Waals surface area contributed by atoms with E-state index in [0.29, 0.717) is 5.56 Å². The van der Waals surface area contributed by atoms with Gasteiger partial charge in [0.15, 0.2) is 18.7 Å². The summed E-state index contributed by atoms with van der Waals surface area (Å²) in [5.74, 6) is -0.805. The molecule has 12 nitrogen and oxygen atoms in total. The number of esters is 1. The zero-order chi connectivity index (χ0) is 28.8. The van der Waals surface area contributed by atoms with E-state index in [1.54, 1.807) is 24.3 Å². The number of phenols is 1. The van der Waals surface area contributed by atoms with Crippen molar-refractivity contribution in [3.63, 3.8) is 0 Å². The average molecular weight is 563 g/mol. The molecule has 2 saturated heterocycles. The average Bonchev–Trinajstić information content (AvgIpc) is 2.96. The number of aliphatic hydroxyl groups excluding tert-OH is 5. The first-order valence-electron chi connectivity index (χ1n) is 12.8. The minimum absolute atomic E-state index is 0.0394. The van der Waals surface area contributed by atoms with Crippen LogP contribution in [0.5, 0.6) is 5.75 Å². The molecule has 4 rings (SSSR count). The molecule has 218 valence electrons. The lowest BCUT2D eigenvalue weighted by Crippen LogP contribution is -2.65. The Kier molecular flexibility index (Phi) is 10.2. The van der Waals surface area contributed by atoms with Crippen molar-refractivity contribution in [1.82, 2.24) is 0 Å². The molecular formula is C28H34O12. The fraction of sp³-hybridized carbons (Fsp3) is 0.464. The molecule has 0 amide bonds. The molecule has 0 radical (unpaired) electrons. The Morgan fingerprint density at radius 1 is 0.875 bits per heavy atom. The fourth-order valence-electron chi connectivity index (χ4n) is 4.43. The number of aliphatic hydroxyl groups is 5. The van der Waals surface area contributed by atoms with Crippen LogP contribution in [0, 0.1) is 0 Å². The summed E-state index contributed by atoms with van der Waals surface area (Å²) in [4.78, 5) is 12.7. The molecule has 2 aliphatic heterocycles. The van der Waals surface area contributed by atoms with Crippen molar-refractivity contribution < 1.29 is 59.1 Å². The molecule has 0 saturated carbocycles. The van der Waals surface area contributed by atoms with Gasteiger partial charge in [-0.1, -0.05) is 42.5 Å². The lowest BCUT2D eigenvalue weighted by molar-refractivity contribution is -0.358. The molecule has 12 heteroatoms. The highest BCUT2D eigenvalue weighted by atomic mass is 16.7. The van der Waals surface area contributed by atoms with Gasteiger partial charge in [-0.05, 0) is 36.3 Å². The maximum absolute atomic E-state index is 12.7. The van der Waals surface area contributed by atoms with E-state index < -0.39 is 74.0 Å². The molecule has 0 aliphatic carbocycles. The lowest BCUT2D eigenvalue weighted by atomic mass is 9.97. The first-order chi connectivity index (χ1) is 19.2. The van der Waals surface area contributed by atoms with Gasteiger partial charge in [0, 0.05) is 6.08 Å². The van der Waals surface area contributed by atoms with E-state index in [9.17, 15) is 35.4 Å². The third-order valence-electron chi connectivity index (χ3n) is 6.71. The quantitative estimate of drug-likeness (QED) is 0.175. The number of benzene rings is 2.